The Labute approximate surface area is 246 Å². The summed E-state index contributed by atoms with van der Waals surface area (Å²) in [5.41, 5.74) is 9.06. The molecule has 9 aromatic rings. The minimum atomic E-state index is 0.749. The van der Waals surface area contributed by atoms with Crippen LogP contribution >= 0.6 is 0 Å². The van der Waals surface area contributed by atoms with Crippen molar-refractivity contribution in [2.45, 2.75) is 13.8 Å². The zero-order valence-corrected chi connectivity index (χ0v) is 23.6. The van der Waals surface area contributed by atoms with Gasteiger partial charge in [0.25, 0.3) is 0 Å². The second kappa shape index (κ2) is 8.87. The molecule has 204 valence electrons. The quantitative estimate of drug-likeness (QED) is 0.204. The SMILES string of the molecule is Cc1cccc(C)c1-c1ccc2c3ccc(Oc4ccc5c6cnccc6n6ccnc6c5c4)cc3c3nccn3c2c1. The molecule has 6 heteroatoms. The molecule has 0 atom stereocenters. The average Bonchev–Trinajstić information content (AvgIpc) is 3.73. The third kappa shape index (κ3) is 3.50. The van der Waals surface area contributed by atoms with Crippen molar-refractivity contribution in [3.63, 3.8) is 0 Å². The number of aromatic nitrogens is 5. The molecule has 0 unspecified atom stereocenters. The lowest BCUT2D eigenvalue weighted by molar-refractivity contribution is 0.484. The second-order valence-corrected chi connectivity index (χ2v) is 11.2. The van der Waals surface area contributed by atoms with Crippen molar-refractivity contribution in [3.05, 3.63) is 127 Å². The summed E-state index contributed by atoms with van der Waals surface area (Å²) in [6.07, 6.45) is 11.4. The van der Waals surface area contributed by atoms with E-state index in [1.807, 2.05) is 55.4 Å². The van der Waals surface area contributed by atoms with Crippen molar-refractivity contribution < 1.29 is 4.74 Å². The normalized spacial score (nSPS) is 12.0. The van der Waals surface area contributed by atoms with Crippen LogP contribution < -0.4 is 4.74 Å². The number of fused-ring (bicyclic) bond motifs is 12. The van der Waals surface area contributed by atoms with Crippen molar-refractivity contribution in [2.24, 2.45) is 0 Å². The van der Waals surface area contributed by atoms with Crippen molar-refractivity contribution in [3.8, 4) is 22.6 Å². The van der Waals surface area contributed by atoms with Gasteiger partial charge >= 0.3 is 0 Å². The molecular weight excluding hydrogens is 530 g/mol. The molecule has 0 radical (unpaired) electrons. The first kappa shape index (κ1) is 23.9. The number of ether oxygens (including phenoxy) is 1. The average molecular weight is 556 g/mol. The van der Waals surface area contributed by atoms with E-state index in [1.54, 1.807) is 0 Å². The van der Waals surface area contributed by atoms with Gasteiger partial charge < -0.3 is 4.74 Å². The largest absolute Gasteiger partial charge is 0.457 e. The topological polar surface area (TPSA) is 56.7 Å². The molecule has 5 aromatic heterocycles. The lowest BCUT2D eigenvalue weighted by Crippen LogP contribution is -1.94. The van der Waals surface area contributed by atoms with E-state index < -0.39 is 0 Å². The predicted octanol–water partition coefficient (Wildman–Crippen LogP) is 9.07. The lowest BCUT2D eigenvalue weighted by Gasteiger charge is -2.14. The number of imidazole rings is 2. The van der Waals surface area contributed by atoms with Gasteiger partial charge in [-0.25, -0.2) is 9.97 Å². The molecule has 0 bridgehead atoms. The van der Waals surface area contributed by atoms with Gasteiger partial charge in [0.1, 0.15) is 22.8 Å². The molecule has 4 aromatic carbocycles. The van der Waals surface area contributed by atoms with Crippen LogP contribution in [0.5, 0.6) is 11.5 Å². The van der Waals surface area contributed by atoms with Crippen molar-refractivity contribution in [1.29, 1.82) is 0 Å². The summed E-state index contributed by atoms with van der Waals surface area (Å²) >= 11 is 0. The zero-order valence-electron chi connectivity index (χ0n) is 23.6. The Morgan fingerprint density at radius 3 is 1.88 bits per heavy atom. The Balaban J connectivity index is 1.18. The lowest BCUT2D eigenvalue weighted by atomic mass is 9.94. The van der Waals surface area contributed by atoms with Gasteiger partial charge in [0.15, 0.2) is 0 Å². The molecule has 0 N–H and O–H groups in total. The Bertz CT molecular complexity index is 2560. The molecular formula is C37H25N5O. The van der Waals surface area contributed by atoms with Crippen molar-refractivity contribution in [1.82, 2.24) is 23.8 Å². The van der Waals surface area contributed by atoms with Gasteiger partial charge in [0, 0.05) is 58.7 Å². The highest BCUT2D eigenvalue weighted by Crippen LogP contribution is 2.37. The number of hydrogen-bond acceptors (Lipinski definition) is 4. The third-order valence-corrected chi connectivity index (χ3v) is 8.65. The molecule has 0 saturated heterocycles. The molecule has 0 amide bonds. The summed E-state index contributed by atoms with van der Waals surface area (Å²) in [5.74, 6) is 1.50. The smallest absolute Gasteiger partial charge is 0.145 e. The van der Waals surface area contributed by atoms with E-state index in [1.165, 1.54) is 27.6 Å². The maximum atomic E-state index is 6.48. The van der Waals surface area contributed by atoms with Crippen LogP contribution in [-0.2, 0) is 0 Å². The van der Waals surface area contributed by atoms with Crippen molar-refractivity contribution in [2.75, 3.05) is 0 Å². The number of benzene rings is 4. The van der Waals surface area contributed by atoms with Crippen LogP contribution in [0.2, 0.25) is 0 Å². The molecule has 9 rings (SSSR count). The molecule has 5 heterocycles. The van der Waals surface area contributed by atoms with Gasteiger partial charge in [-0.15, -0.1) is 0 Å². The molecule has 0 saturated carbocycles. The molecule has 43 heavy (non-hydrogen) atoms. The Morgan fingerprint density at radius 1 is 0.558 bits per heavy atom. The summed E-state index contributed by atoms with van der Waals surface area (Å²) in [4.78, 5) is 13.8. The van der Waals surface area contributed by atoms with Crippen LogP contribution in [0.25, 0.3) is 65.8 Å². The fourth-order valence-electron chi connectivity index (χ4n) is 6.73. The van der Waals surface area contributed by atoms with Crippen LogP contribution in [0.3, 0.4) is 0 Å². The number of rotatable bonds is 3. The van der Waals surface area contributed by atoms with Gasteiger partial charge in [0.05, 0.1) is 11.0 Å². The molecule has 0 fully saturated rings. The van der Waals surface area contributed by atoms with Crippen LogP contribution in [-0.4, -0.2) is 23.8 Å². The minimum absolute atomic E-state index is 0.749. The van der Waals surface area contributed by atoms with E-state index in [0.717, 1.165) is 60.8 Å². The predicted molar refractivity (Wildman–Crippen MR) is 173 cm³/mol. The Morgan fingerprint density at radius 2 is 1.19 bits per heavy atom. The molecule has 6 nitrogen and oxygen atoms in total. The van der Waals surface area contributed by atoms with E-state index in [-0.39, 0.29) is 0 Å². The van der Waals surface area contributed by atoms with E-state index in [4.69, 9.17) is 9.72 Å². The second-order valence-electron chi connectivity index (χ2n) is 11.2. The number of aryl methyl sites for hydroxylation is 2. The fourth-order valence-corrected chi connectivity index (χ4v) is 6.73. The summed E-state index contributed by atoms with van der Waals surface area (Å²) in [5, 5.41) is 6.56. The van der Waals surface area contributed by atoms with E-state index in [9.17, 15) is 0 Å². The van der Waals surface area contributed by atoms with Gasteiger partial charge in [-0.1, -0.05) is 30.3 Å². The van der Waals surface area contributed by atoms with Crippen LogP contribution in [0, 0.1) is 13.8 Å². The minimum Gasteiger partial charge on any atom is -0.457 e. The fraction of sp³-hybridized carbons (Fsp3) is 0.0541. The highest BCUT2D eigenvalue weighted by Gasteiger charge is 2.15. The highest BCUT2D eigenvalue weighted by molar-refractivity contribution is 6.13. The van der Waals surface area contributed by atoms with Gasteiger partial charge in [0.2, 0.25) is 0 Å². The first-order valence-corrected chi connectivity index (χ1v) is 14.3. The number of hydrogen-bond donors (Lipinski definition) is 0. The molecule has 0 aliphatic carbocycles. The maximum absolute atomic E-state index is 6.48. The zero-order chi connectivity index (χ0) is 28.7. The van der Waals surface area contributed by atoms with Crippen LogP contribution in [0.1, 0.15) is 11.1 Å². The Hall–Kier alpha value is -5.75. The molecule has 0 aliphatic rings. The summed E-state index contributed by atoms with van der Waals surface area (Å²) in [6.45, 7) is 4.35. The van der Waals surface area contributed by atoms with Gasteiger partial charge in [-0.3, -0.25) is 13.8 Å². The first-order valence-electron chi connectivity index (χ1n) is 14.3. The molecule has 0 aliphatic heterocycles. The maximum Gasteiger partial charge on any atom is 0.145 e. The van der Waals surface area contributed by atoms with E-state index in [0.29, 0.717) is 0 Å². The van der Waals surface area contributed by atoms with E-state index in [2.05, 4.69) is 93.3 Å². The summed E-state index contributed by atoms with van der Waals surface area (Å²) in [6, 6.07) is 27.7. The summed E-state index contributed by atoms with van der Waals surface area (Å²) in [7, 11) is 0. The van der Waals surface area contributed by atoms with Crippen molar-refractivity contribution >= 4 is 54.6 Å². The van der Waals surface area contributed by atoms with Crippen LogP contribution in [0.15, 0.2) is 116 Å². The van der Waals surface area contributed by atoms with E-state index >= 15 is 0 Å². The molecule has 0 spiro atoms. The van der Waals surface area contributed by atoms with Gasteiger partial charge in [-0.05, 0) is 95.4 Å². The monoisotopic (exact) mass is 555 g/mol. The van der Waals surface area contributed by atoms with Crippen LogP contribution in [0.4, 0.5) is 0 Å². The first-order chi connectivity index (χ1) is 21.1. The Kier molecular flexibility index (Phi) is 4.93. The summed E-state index contributed by atoms with van der Waals surface area (Å²) < 4.78 is 10.8. The third-order valence-electron chi connectivity index (χ3n) is 8.65. The highest BCUT2D eigenvalue weighted by atomic mass is 16.5. The van der Waals surface area contributed by atoms with Gasteiger partial charge in [-0.2, -0.15) is 0 Å². The number of pyridine rings is 3. The number of nitrogens with zero attached hydrogens (tertiary/aromatic N) is 5. The standard InChI is InChI=1S/C37H25N5O/c1-22-4-3-5-23(2)35(22)24-6-9-29-27-10-7-25(19-30(27)37-40-15-17-42(37)34(29)18-24)43-26-8-11-28-31(20-26)36-39-14-16-41(36)33-12-13-38-21-32(28)33/h3-21H,1-2H3.